The minimum atomic E-state index is -0.497. The van der Waals surface area contributed by atoms with Crippen molar-refractivity contribution in [1.29, 1.82) is 0 Å². The molecule has 6 heteroatoms. The first-order valence-electron chi connectivity index (χ1n) is 11.2. The molecule has 0 aromatic rings. The molecule has 0 bridgehead atoms. The van der Waals surface area contributed by atoms with Gasteiger partial charge in [-0.05, 0) is 76.9 Å². The molecule has 20 atom stereocenters. The molecule has 0 saturated heterocycles. The van der Waals surface area contributed by atoms with Crippen molar-refractivity contribution in [1.82, 2.24) is 0 Å². The van der Waals surface area contributed by atoms with Gasteiger partial charge in [-0.1, -0.05) is 47.8 Å². The number of aliphatic hydroxyl groups is 1. The first-order chi connectivity index (χ1) is 13.3. The van der Waals surface area contributed by atoms with Gasteiger partial charge in [0, 0.05) is 23.1 Å². The lowest BCUT2D eigenvalue weighted by molar-refractivity contribution is -0.168. The van der Waals surface area contributed by atoms with Crippen molar-refractivity contribution in [2.75, 3.05) is 0 Å². The zero-order chi connectivity index (χ0) is 18.4. The molecule has 0 unspecified atom stereocenters. The Balaban J connectivity index is 1.41. The lowest BCUT2D eigenvalue weighted by atomic mass is 9.73. The molecule has 12 aliphatic rings. The van der Waals surface area contributed by atoms with Gasteiger partial charge >= 0.3 is 5.97 Å². The number of hydrogen-bond donors (Lipinski definition) is 1. The van der Waals surface area contributed by atoms with Crippen LogP contribution >= 0.6 is 47.8 Å². The maximum Gasteiger partial charge on any atom is 0.303 e. The van der Waals surface area contributed by atoms with E-state index in [0.717, 1.165) is 5.92 Å². The van der Waals surface area contributed by atoms with E-state index < -0.39 is 5.60 Å². The Labute approximate surface area is 187 Å². The second-order valence-corrected chi connectivity index (χ2v) is 16.7. The predicted octanol–water partition coefficient (Wildman–Crippen LogP) is 2.81. The molecule has 0 amide bonds. The van der Waals surface area contributed by atoms with Crippen LogP contribution in [0.3, 0.4) is 0 Å². The van der Waals surface area contributed by atoms with Crippen molar-refractivity contribution in [2.24, 2.45) is 88.8 Å². The van der Waals surface area contributed by atoms with Crippen LogP contribution in [-0.4, -0.2) is 35.3 Å². The van der Waals surface area contributed by atoms with Gasteiger partial charge in [0.15, 0.2) is 0 Å². The number of carbonyl (C=O) groups is 1. The van der Waals surface area contributed by atoms with E-state index in [1.807, 2.05) is 0 Å². The predicted molar refractivity (Wildman–Crippen MR) is 107 cm³/mol. The van der Waals surface area contributed by atoms with Gasteiger partial charge in [-0.25, -0.2) is 0 Å². The fourth-order valence-electron chi connectivity index (χ4n) is 15.6. The van der Waals surface area contributed by atoms with E-state index in [-0.39, 0.29) is 24.5 Å². The molecule has 0 radical (unpaired) electrons. The third-order valence-electron chi connectivity index (χ3n) is 13.9. The summed E-state index contributed by atoms with van der Waals surface area (Å²) >= 11 is 13.3. The van der Waals surface area contributed by atoms with Crippen LogP contribution in [0, 0.1) is 88.8 Å². The van der Waals surface area contributed by atoms with Crippen LogP contribution in [0.4, 0.5) is 0 Å². The number of hydrogen-bond acceptors (Lipinski definition) is 3. The van der Waals surface area contributed by atoms with E-state index in [2.05, 4.69) is 47.8 Å². The number of halogens is 3. The quantitative estimate of drug-likeness (QED) is 0.390. The van der Waals surface area contributed by atoms with Gasteiger partial charge < -0.3 is 9.84 Å². The van der Waals surface area contributed by atoms with Gasteiger partial charge in [-0.2, -0.15) is 0 Å². The zero-order valence-corrected chi connectivity index (χ0v) is 19.8. The third-order valence-corrected chi connectivity index (χ3v) is 18.7. The molecule has 12 aliphatic carbocycles. The summed E-state index contributed by atoms with van der Waals surface area (Å²) in [4.78, 5) is 12.6. The van der Waals surface area contributed by atoms with E-state index in [9.17, 15) is 9.90 Å². The van der Waals surface area contributed by atoms with Crippen molar-refractivity contribution < 1.29 is 14.6 Å². The van der Waals surface area contributed by atoms with Gasteiger partial charge in [0.2, 0.25) is 0 Å². The average Bonchev–Trinajstić information content (AvgIpc) is 3.39. The molecule has 1 N–H and O–H groups in total. The summed E-state index contributed by atoms with van der Waals surface area (Å²) in [5, 5.41) is 12.6. The standard InChI is InChI=1S/C22H19Br3O3/c1-2(26)28-22-12-4-3-9-5-7-13-15-14-8(6(12)11(3)21(14,27)19(9,13)24)17(22)18(15,23)16(7)20(22,25)10(4)5/h3-17,27H,1H3/t3-,4+,5-,6-,7-,8-,9-,10+,11+,12-,13-,14+,15+,16+,17-,18+,19+,20-,21-,22+/m0/s1. The summed E-state index contributed by atoms with van der Waals surface area (Å²) in [6.45, 7) is 1.64. The molecule has 0 heterocycles. The molecule has 12 fully saturated rings. The largest absolute Gasteiger partial charge is 0.457 e. The van der Waals surface area contributed by atoms with Crippen LogP contribution in [0.15, 0.2) is 0 Å². The van der Waals surface area contributed by atoms with Crippen molar-refractivity contribution >= 4 is 53.8 Å². The van der Waals surface area contributed by atoms with E-state index in [0.29, 0.717) is 82.9 Å². The van der Waals surface area contributed by atoms with Gasteiger partial charge in [0.1, 0.15) is 5.60 Å². The highest BCUT2D eigenvalue weighted by atomic mass is 79.9. The molecule has 146 valence electrons. The third kappa shape index (κ3) is 0.722. The first kappa shape index (κ1) is 14.8. The fourth-order valence-corrected chi connectivity index (χ4v) is 21.4. The Morgan fingerprint density at radius 2 is 1.36 bits per heavy atom. The van der Waals surface area contributed by atoms with E-state index in [1.165, 1.54) is 0 Å². The Kier molecular flexibility index (Phi) is 1.67. The molecule has 0 spiro atoms. The Morgan fingerprint density at radius 1 is 0.750 bits per heavy atom. The Hall–Kier alpha value is 0.870. The normalized spacial score (nSPS) is 93.7. The summed E-state index contributed by atoms with van der Waals surface area (Å²) in [5.41, 5.74) is -0.811. The fraction of sp³-hybridized carbons (Fsp3) is 0.955. The SMILES string of the molecule is CC(=O)O[C@@]12[C@H]3[C@@H]4[C@@H]5[C@@H]6[C@@H]3[C@H]3[C@@H]7[C@H]8[C@@H]9[C@@H]%10[C@@H]([C@H]5[C@]9(Br)[C@]67O)[C@@H]4[C@]1(Br)[C@H]%10[C@@]8(Br)[C@H]32. The molecule has 0 aromatic heterocycles. The van der Waals surface area contributed by atoms with Crippen molar-refractivity contribution in [2.45, 2.75) is 31.1 Å². The molecule has 0 aliphatic heterocycles. The average molecular weight is 571 g/mol. The Morgan fingerprint density at radius 3 is 2.11 bits per heavy atom. The van der Waals surface area contributed by atoms with Crippen LogP contribution in [0.5, 0.6) is 0 Å². The first-order valence-corrected chi connectivity index (χ1v) is 13.6. The van der Waals surface area contributed by atoms with Crippen LogP contribution in [0.1, 0.15) is 6.92 Å². The number of carbonyl (C=O) groups excluding carboxylic acids is 1. The minimum absolute atomic E-state index is 0.0171. The van der Waals surface area contributed by atoms with Gasteiger partial charge in [-0.15, -0.1) is 0 Å². The van der Waals surface area contributed by atoms with Crippen molar-refractivity contribution in [3.05, 3.63) is 0 Å². The number of rotatable bonds is 1. The van der Waals surface area contributed by atoms with Crippen LogP contribution in [0.25, 0.3) is 0 Å². The molecule has 0 aromatic carbocycles. The summed E-state index contributed by atoms with van der Waals surface area (Å²) in [7, 11) is 0. The minimum Gasteiger partial charge on any atom is -0.457 e. The second-order valence-electron chi connectivity index (χ2n) is 12.7. The highest BCUT2D eigenvalue weighted by Crippen LogP contribution is 3.07. The van der Waals surface area contributed by atoms with Crippen molar-refractivity contribution in [3.8, 4) is 0 Å². The summed E-state index contributed by atoms with van der Waals surface area (Å²) < 4.78 is 6.66. The monoisotopic (exact) mass is 568 g/mol. The lowest BCUT2D eigenvalue weighted by Crippen LogP contribution is -2.58. The maximum absolute atomic E-state index is 12.6. The Bertz CT molecular complexity index is 1070. The number of alkyl halides is 3. The molecule has 12 saturated carbocycles. The zero-order valence-electron chi connectivity index (χ0n) is 15.1. The summed E-state index contributed by atoms with van der Waals surface area (Å²) in [6, 6.07) is 0. The van der Waals surface area contributed by atoms with Gasteiger partial charge in [0.25, 0.3) is 0 Å². The maximum atomic E-state index is 12.6. The molecule has 3 nitrogen and oxygen atoms in total. The van der Waals surface area contributed by atoms with Crippen LogP contribution in [-0.2, 0) is 9.53 Å². The van der Waals surface area contributed by atoms with E-state index in [1.54, 1.807) is 6.92 Å². The highest BCUT2D eigenvalue weighted by molar-refractivity contribution is 9.11. The van der Waals surface area contributed by atoms with Gasteiger partial charge in [0.05, 0.1) is 14.2 Å². The molecular formula is C22H19Br3O3. The summed E-state index contributed by atoms with van der Waals surface area (Å²) in [6.07, 6.45) is 0. The molecular weight excluding hydrogens is 552 g/mol. The topological polar surface area (TPSA) is 46.5 Å². The smallest absolute Gasteiger partial charge is 0.303 e. The summed E-state index contributed by atoms with van der Waals surface area (Å²) in [5.74, 6) is 8.66. The van der Waals surface area contributed by atoms with Crippen LogP contribution in [0.2, 0.25) is 0 Å². The molecule has 12 rings (SSSR count). The van der Waals surface area contributed by atoms with Crippen molar-refractivity contribution in [3.63, 3.8) is 0 Å². The highest BCUT2D eigenvalue weighted by Gasteiger charge is 3.12. The van der Waals surface area contributed by atoms with E-state index in [4.69, 9.17) is 4.74 Å². The molecule has 28 heavy (non-hydrogen) atoms. The number of ether oxygens (including phenoxy) is 1. The number of esters is 1. The van der Waals surface area contributed by atoms with Gasteiger partial charge in [-0.3, -0.25) is 4.79 Å². The van der Waals surface area contributed by atoms with Crippen LogP contribution < -0.4 is 0 Å². The second kappa shape index (κ2) is 3.15. The van der Waals surface area contributed by atoms with E-state index >= 15 is 0 Å². The lowest BCUT2D eigenvalue weighted by Gasteiger charge is -2.47.